The average Bonchev–Trinajstić information content (AvgIpc) is 3.15. The minimum Gasteiger partial charge on any atom is -0.396 e. The Bertz CT molecular complexity index is 368. The molecule has 0 saturated heterocycles. The first kappa shape index (κ1) is 23.0. The summed E-state index contributed by atoms with van der Waals surface area (Å²) in [5.74, 6) is 0.874. The van der Waals surface area contributed by atoms with Crippen LogP contribution in [0.25, 0.3) is 0 Å². The second-order valence-electron chi connectivity index (χ2n) is 7.53. The number of rotatable bonds is 17. The van der Waals surface area contributed by atoms with Gasteiger partial charge in [-0.15, -0.1) is 0 Å². The zero-order chi connectivity index (χ0) is 18.7. The van der Waals surface area contributed by atoms with Crippen LogP contribution in [-0.2, 0) is 0 Å². The van der Waals surface area contributed by atoms with Crippen molar-refractivity contribution in [3.63, 3.8) is 0 Å². The van der Waals surface area contributed by atoms with E-state index >= 15 is 0 Å². The van der Waals surface area contributed by atoms with Crippen LogP contribution >= 0.6 is 0 Å². The van der Waals surface area contributed by atoms with Crippen LogP contribution in [0.1, 0.15) is 96.8 Å². The van der Waals surface area contributed by atoms with Gasteiger partial charge in [-0.3, -0.25) is 4.99 Å². The van der Waals surface area contributed by atoms with E-state index in [2.05, 4.69) is 34.7 Å². The van der Waals surface area contributed by atoms with Crippen LogP contribution in [0.4, 0.5) is 0 Å². The summed E-state index contributed by atoms with van der Waals surface area (Å²) in [6.07, 6.45) is 23.1. The van der Waals surface area contributed by atoms with Gasteiger partial charge in [0.2, 0.25) is 0 Å². The normalized spacial score (nSPS) is 15.2. The number of hydrogen-bond acceptors (Lipinski definition) is 4. The third-order valence-corrected chi connectivity index (χ3v) is 5.03. The molecule has 0 amide bonds. The predicted molar refractivity (Wildman–Crippen MR) is 114 cm³/mol. The summed E-state index contributed by atoms with van der Waals surface area (Å²) in [7, 11) is 0. The van der Waals surface area contributed by atoms with Crippen LogP contribution < -0.4 is 10.6 Å². The Kier molecular flexibility index (Phi) is 15.4. The third-order valence-electron chi connectivity index (χ3n) is 5.03. The van der Waals surface area contributed by atoms with Crippen molar-refractivity contribution in [1.82, 2.24) is 10.6 Å². The number of hydrogen-bond donors (Lipinski definition) is 3. The van der Waals surface area contributed by atoms with Crippen molar-refractivity contribution in [1.29, 1.82) is 0 Å². The van der Waals surface area contributed by atoms with E-state index in [0.29, 0.717) is 0 Å². The van der Waals surface area contributed by atoms with E-state index < -0.39 is 0 Å². The van der Waals surface area contributed by atoms with E-state index in [1.165, 1.54) is 77.0 Å². The number of nitrogens with one attached hydrogen (secondary N) is 2. The number of aliphatic hydroxyl groups excluding tert-OH is 1. The molecule has 0 bridgehead atoms. The number of guanidine groups is 1. The summed E-state index contributed by atoms with van der Waals surface area (Å²) in [5, 5.41) is 15.8. The molecule has 4 nitrogen and oxygen atoms in total. The maximum absolute atomic E-state index is 9.19. The monoisotopic (exact) mass is 365 g/mol. The lowest BCUT2D eigenvalue weighted by Gasteiger charge is -2.15. The number of allylic oxidation sites excluding steroid dienone is 1. The molecular formula is C22H43N3O. The fourth-order valence-electron chi connectivity index (χ4n) is 3.39. The first-order valence-electron chi connectivity index (χ1n) is 11.2. The molecule has 1 aliphatic rings. The van der Waals surface area contributed by atoms with E-state index in [1.54, 1.807) is 0 Å². The molecule has 0 aromatic rings. The van der Waals surface area contributed by atoms with Crippen LogP contribution in [0.5, 0.6) is 0 Å². The van der Waals surface area contributed by atoms with Crippen molar-refractivity contribution in [3.8, 4) is 0 Å². The van der Waals surface area contributed by atoms with Crippen molar-refractivity contribution >= 4 is 5.96 Å². The van der Waals surface area contributed by atoms with Gasteiger partial charge in [0.1, 0.15) is 0 Å². The highest BCUT2D eigenvalue weighted by Gasteiger charge is 2.09. The molecule has 3 N–H and O–H groups in total. The van der Waals surface area contributed by atoms with Crippen LogP contribution in [0.2, 0.25) is 0 Å². The van der Waals surface area contributed by atoms with E-state index in [9.17, 15) is 5.11 Å². The number of unbranched alkanes of at least 4 members (excludes halogenated alkanes) is 12. The van der Waals surface area contributed by atoms with E-state index in [1.807, 2.05) is 0 Å². The first-order valence-corrected chi connectivity index (χ1v) is 11.2. The number of nitrogens with zero attached hydrogens (tertiary/aromatic N) is 1. The van der Waals surface area contributed by atoms with Gasteiger partial charge in [0.15, 0.2) is 5.96 Å². The molecule has 1 unspecified atom stereocenters. The lowest BCUT2D eigenvalue weighted by Crippen LogP contribution is -2.40. The summed E-state index contributed by atoms with van der Waals surface area (Å²) in [6.45, 7) is 4.24. The molecule has 0 saturated carbocycles. The molecule has 1 heterocycles. The summed E-state index contributed by atoms with van der Waals surface area (Å²) >= 11 is 0. The predicted octanol–water partition coefficient (Wildman–Crippen LogP) is 4.93. The molecule has 4 heteroatoms. The maximum Gasteiger partial charge on any atom is 0.191 e. The molecule has 0 radical (unpaired) electrons. The van der Waals surface area contributed by atoms with Gasteiger partial charge < -0.3 is 15.7 Å². The second-order valence-corrected chi connectivity index (χ2v) is 7.53. The minimum atomic E-state index is 0.182. The Balaban J connectivity index is 1.91. The molecule has 0 fully saturated rings. The van der Waals surface area contributed by atoms with Crippen molar-refractivity contribution in [2.75, 3.05) is 19.7 Å². The fraction of sp³-hybridized carbons (Fsp3) is 0.864. The third kappa shape index (κ3) is 13.2. The molecule has 1 atom stereocenters. The standard InChI is InChI=1S/C22H43N3O/c1-2-3-4-5-6-7-8-9-10-11-12-13-14-15-16-21(17-20-26)25-22-23-18-19-24-22/h15-16,21,26H,2-14,17-20H2,1H3,(H2,23,24,25). The molecule has 152 valence electrons. The minimum absolute atomic E-state index is 0.182. The molecular weight excluding hydrogens is 322 g/mol. The van der Waals surface area contributed by atoms with Crippen LogP contribution in [-0.4, -0.2) is 36.8 Å². The molecule has 0 aromatic heterocycles. The van der Waals surface area contributed by atoms with Gasteiger partial charge in [0.05, 0.1) is 6.54 Å². The quantitative estimate of drug-likeness (QED) is 0.253. The summed E-state index contributed by atoms with van der Waals surface area (Å²) in [6, 6.07) is 0.182. The van der Waals surface area contributed by atoms with Gasteiger partial charge in [0.25, 0.3) is 0 Å². The summed E-state index contributed by atoms with van der Waals surface area (Å²) in [5.41, 5.74) is 0. The lowest BCUT2D eigenvalue weighted by atomic mass is 10.0. The van der Waals surface area contributed by atoms with Crippen LogP contribution in [0, 0.1) is 0 Å². The van der Waals surface area contributed by atoms with Crippen molar-refractivity contribution < 1.29 is 5.11 Å². The van der Waals surface area contributed by atoms with E-state index in [4.69, 9.17) is 0 Å². The van der Waals surface area contributed by atoms with Crippen molar-refractivity contribution in [3.05, 3.63) is 12.2 Å². The Morgan fingerprint density at radius 3 is 2.15 bits per heavy atom. The Labute approximate surface area is 161 Å². The summed E-state index contributed by atoms with van der Waals surface area (Å²) in [4.78, 5) is 4.35. The second kappa shape index (κ2) is 17.4. The zero-order valence-corrected chi connectivity index (χ0v) is 17.1. The Morgan fingerprint density at radius 1 is 1.00 bits per heavy atom. The van der Waals surface area contributed by atoms with Gasteiger partial charge >= 0.3 is 0 Å². The smallest absolute Gasteiger partial charge is 0.191 e. The molecule has 1 aliphatic heterocycles. The molecule has 0 aliphatic carbocycles. The van der Waals surface area contributed by atoms with Crippen molar-refractivity contribution in [2.45, 2.75) is 103 Å². The van der Waals surface area contributed by atoms with Crippen LogP contribution in [0.3, 0.4) is 0 Å². The fourth-order valence-corrected chi connectivity index (χ4v) is 3.39. The SMILES string of the molecule is CCCCCCCCCCCCCCC=CC(CCO)NC1=NCCN1. The van der Waals surface area contributed by atoms with Gasteiger partial charge in [-0.25, -0.2) is 0 Å². The van der Waals surface area contributed by atoms with E-state index in [-0.39, 0.29) is 12.6 Å². The largest absolute Gasteiger partial charge is 0.396 e. The summed E-state index contributed by atoms with van der Waals surface area (Å²) < 4.78 is 0. The molecule has 1 rings (SSSR count). The van der Waals surface area contributed by atoms with Gasteiger partial charge in [0, 0.05) is 19.2 Å². The average molecular weight is 366 g/mol. The highest BCUT2D eigenvalue weighted by molar-refractivity contribution is 5.81. The van der Waals surface area contributed by atoms with Gasteiger partial charge in [-0.2, -0.15) is 0 Å². The Hall–Kier alpha value is -1.03. The first-order chi connectivity index (χ1) is 12.9. The van der Waals surface area contributed by atoms with Gasteiger partial charge in [-0.05, 0) is 19.3 Å². The zero-order valence-electron chi connectivity index (χ0n) is 17.1. The highest BCUT2D eigenvalue weighted by Crippen LogP contribution is 2.12. The molecule has 0 aromatic carbocycles. The maximum atomic E-state index is 9.19. The molecule has 26 heavy (non-hydrogen) atoms. The topological polar surface area (TPSA) is 56.6 Å². The lowest BCUT2D eigenvalue weighted by molar-refractivity contribution is 0.279. The number of aliphatic imine (C=N–C) groups is 1. The van der Waals surface area contributed by atoms with E-state index in [0.717, 1.165) is 31.9 Å². The van der Waals surface area contributed by atoms with Crippen LogP contribution in [0.15, 0.2) is 17.1 Å². The van der Waals surface area contributed by atoms with Crippen molar-refractivity contribution in [2.24, 2.45) is 4.99 Å². The Morgan fingerprint density at radius 2 is 1.62 bits per heavy atom. The number of aliphatic hydroxyl groups is 1. The highest BCUT2D eigenvalue weighted by atomic mass is 16.3. The molecule has 0 spiro atoms. The van der Waals surface area contributed by atoms with Gasteiger partial charge in [-0.1, -0.05) is 89.7 Å².